The Hall–Kier alpha value is -1.85. The molecule has 1 aliphatic heterocycles. The minimum atomic E-state index is -0.571. The summed E-state index contributed by atoms with van der Waals surface area (Å²) in [6, 6.07) is 14.9. The van der Waals surface area contributed by atoms with Crippen LogP contribution in [-0.4, -0.2) is 24.9 Å². The molecule has 1 fully saturated rings. The smallest absolute Gasteiger partial charge is 0.490 e. The van der Waals surface area contributed by atoms with Gasteiger partial charge in [0, 0.05) is 6.42 Å². The molecule has 0 N–H and O–H groups in total. The maximum absolute atomic E-state index is 14.4. The highest BCUT2D eigenvalue weighted by atomic mass is 19.1. The van der Waals surface area contributed by atoms with Crippen molar-refractivity contribution in [3.05, 3.63) is 59.9 Å². The zero-order valence-electron chi connectivity index (χ0n) is 15.2. The summed E-state index contributed by atoms with van der Waals surface area (Å²) < 4.78 is 31.9. The number of hydrogen-bond donors (Lipinski definition) is 0. The van der Waals surface area contributed by atoms with Gasteiger partial charge in [-0.2, -0.15) is 0 Å². The number of rotatable bonds is 5. The largest absolute Gasteiger partial charge is 0.494 e. The minimum Gasteiger partial charge on any atom is -0.490 e. The van der Waals surface area contributed by atoms with Crippen molar-refractivity contribution in [2.75, 3.05) is 6.61 Å². The van der Waals surface area contributed by atoms with Gasteiger partial charge < -0.3 is 14.0 Å². The van der Waals surface area contributed by atoms with Crippen LogP contribution in [0.5, 0.6) is 5.75 Å². The summed E-state index contributed by atoms with van der Waals surface area (Å²) in [6.07, 6.45) is 0.735. The van der Waals surface area contributed by atoms with Crippen molar-refractivity contribution in [3.8, 4) is 5.75 Å². The summed E-state index contributed by atoms with van der Waals surface area (Å²) in [4.78, 5) is 0. The monoisotopic (exact) mass is 342 g/mol. The fourth-order valence-corrected chi connectivity index (χ4v) is 2.68. The third-order valence-corrected chi connectivity index (χ3v) is 4.97. The Kier molecular flexibility index (Phi) is 4.89. The molecule has 1 saturated heterocycles. The highest BCUT2D eigenvalue weighted by Gasteiger charge is 2.51. The van der Waals surface area contributed by atoms with Gasteiger partial charge >= 0.3 is 7.12 Å². The van der Waals surface area contributed by atoms with Crippen molar-refractivity contribution >= 4 is 12.6 Å². The molecule has 0 saturated carbocycles. The molecule has 0 aliphatic carbocycles. The van der Waals surface area contributed by atoms with Gasteiger partial charge in [0.1, 0.15) is 0 Å². The topological polar surface area (TPSA) is 27.7 Å². The summed E-state index contributed by atoms with van der Waals surface area (Å²) in [5, 5.41) is 0. The molecular weight excluding hydrogens is 318 g/mol. The van der Waals surface area contributed by atoms with Crippen LogP contribution in [0.3, 0.4) is 0 Å². The second kappa shape index (κ2) is 6.81. The maximum atomic E-state index is 14.4. The average Bonchev–Trinajstić information content (AvgIpc) is 2.78. The van der Waals surface area contributed by atoms with Gasteiger partial charge in [0.25, 0.3) is 0 Å². The summed E-state index contributed by atoms with van der Waals surface area (Å²) in [7, 11) is -0.571. The van der Waals surface area contributed by atoms with Gasteiger partial charge in [-0.1, -0.05) is 36.4 Å². The SMILES string of the molecule is CC1(C)OB(c2ccc(OCCc3ccccc3)c(F)c2)OC1(C)C. The number of hydrogen-bond acceptors (Lipinski definition) is 3. The van der Waals surface area contributed by atoms with E-state index in [4.69, 9.17) is 14.0 Å². The molecule has 0 spiro atoms. The fourth-order valence-electron chi connectivity index (χ4n) is 2.68. The zero-order valence-corrected chi connectivity index (χ0v) is 15.2. The highest BCUT2D eigenvalue weighted by Crippen LogP contribution is 2.36. The Balaban J connectivity index is 1.63. The normalized spacial score (nSPS) is 18.4. The van der Waals surface area contributed by atoms with E-state index < -0.39 is 24.1 Å². The lowest BCUT2D eigenvalue weighted by atomic mass is 9.79. The zero-order chi connectivity index (χ0) is 18.1. The van der Waals surface area contributed by atoms with Gasteiger partial charge in [0.2, 0.25) is 0 Å². The molecule has 0 amide bonds. The summed E-state index contributed by atoms with van der Waals surface area (Å²) in [5.41, 5.74) is 0.932. The molecule has 0 atom stereocenters. The van der Waals surface area contributed by atoms with Crippen LogP contribution < -0.4 is 10.2 Å². The molecule has 3 rings (SSSR count). The molecule has 2 aromatic rings. The maximum Gasteiger partial charge on any atom is 0.494 e. The second-order valence-electron chi connectivity index (χ2n) is 7.36. The van der Waals surface area contributed by atoms with E-state index in [2.05, 4.69) is 0 Å². The quantitative estimate of drug-likeness (QED) is 0.775. The van der Waals surface area contributed by atoms with Crippen LogP contribution >= 0.6 is 0 Å². The predicted octanol–water partition coefficient (Wildman–Crippen LogP) is 3.75. The lowest BCUT2D eigenvalue weighted by molar-refractivity contribution is 0.00578. The first-order valence-electron chi connectivity index (χ1n) is 8.60. The Bertz CT molecular complexity index is 715. The molecule has 5 heteroatoms. The van der Waals surface area contributed by atoms with Crippen LogP contribution in [0.25, 0.3) is 0 Å². The van der Waals surface area contributed by atoms with E-state index in [0.29, 0.717) is 12.1 Å². The van der Waals surface area contributed by atoms with Crippen LogP contribution in [0.4, 0.5) is 4.39 Å². The van der Waals surface area contributed by atoms with Crippen molar-refractivity contribution in [2.24, 2.45) is 0 Å². The van der Waals surface area contributed by atoms with Gasteiger partial charge in [-0.25, -0.2) is 4.39 Å². The van der Waals surface area contributed by atoms with E-state index in [-0.39, 0.29) is 5.75 Å². The van der Waals surface area contributed by atoms with E-state index >= 15 is 0 Å². The molecule has 2 aromatic carbocycles. The van der Waals surface area contributed by atoms with Gasteiger partial charge in [0.15, 0.2) is 11.6 Å². The van der Waals surface area contributed by atoms with Crippen molar-refractivity contribution in [1.29, 1.82) is 0 Å². The third-order valence-electron chi connectivity index (χ3n) is 4.97. The van der Waals surface area contributed by atoms with Gasteiger partial charge in [-0.05, 0) is 50.9 Å². The molecule has 3 nitrogen and oxygen atoms in total. The second-order valence-corrected chi connectivity index (χ2v) is 7.36. The van der Waals surface area contributed by atoms with Crippen molar-refractivity contribution in [2.45, 2.75) is 45.3 Å². The van der Waals surface area contributed by atoms with Crippen LogP contribution in [-0.2, 0) is 15.7 Å². The van der Waals surface area contributed by atoms with Gasteiger partial charge in [-0.15, -0.1) is 0 Å². The molecular formula is C20H24BFO3. The van der Waals surface area contributed by atoms with Crippen molar-refractivity contribution < 1.29 is 18.4 Å². The number of halogens is 1. The van der Waals surface area contributed by atoms with Gasteiger partial charge in [-0.3, -0.25) is 0 Å². The lowest BCUT2D eigenvalue weighted by Gasteiger charge is -2.32. The molecule has 132 valence electrons. The summed E-state index contributed by atoms with van der Waals surface area (Å²) in [5.74, 6) is -0.156. The van der Waals surface area contributed by atoms with E-state index in [1.807, 2.05) is 58.0 Å². The van der Waals surface area contributed by atoms with E-state index in [9.17, 15) is 4.39 Å². The Labute approximate surface area is 149 Å². The number of benzene rings is 2. The molecule has 1 heterocycles. The molecule has 0 aromatic heterocycles. The lowest BCUT2D eigenvalue weighted by Crippen LogP contribution is -2.41. The molecule has 25 heavy (non-hydrogen) atoms. The van der Waals surface area contributed by atoms with E-state index in [0.717, 1.165) is 12.0 Å². The van der Waals surface area contributed by atoms with Crippen LogP contribution in [0.1, 0.15) is 33.3 Å². The Morgan fingerprint density at radius 2 is 1.60 bits per heavy atom. The predicted molar refractivity (Wildman–Crippen MR) is 97.8 cm³/mol. The van der Waals surface area contributed by atoms with E-state index in [1.54, 1.807) is 12.1 Å². The van der Waals surface area contributed by atoms with Crippen LogP contribution in [0.2, 0.25) is 0 Å². The van der Waals surface area contributed by atoms with E-state index in [1.165, 1.54) is 6.07 Å². The van der Waals surface area contributed by atoms with Crippen molar-refractivity contribution in [3.63, 3.8) is 0 Å². The molecule has 1 aliphatic rings. The summed E-state index contributed by atoms with van der Waals surface area (Å²) in [6.45, 7) is 8.33. The number of ether oxygens (including phenoxy) is 1. The molecule has 0 radical (unpaired) electrons. The Morgan fingerprint density at radius 1 is 0.960 bits per heavy atom. The van der Waals surface area contributed by atoms with Crippen LogP contribution in [0, 0.1) is 5.82 Å². The first-order valence-corrected chi connectivity index (χ1v) is 8.60. The Morgan fingerprint density at radius 3 is 2.20 bits per heavy atom. The first kappa shape index (κ1) is 18.0. The highest BCUT2D eigenvalue weighted by molar-refractivity contribution is 6.62. The minimum absolute atomic E-state index is 0.246. The van der Waals surface area contributed by atoms with Crippen LogP contribution in [0.15, 0.2) is 48.5 Å². The van der Waals surface area contributed by atoms with Crippen molar-refractivity contribution in [1.82, 2.24) is 0 Å². The fraction of sp³-hybridized carbons (Fsp3) is 0.400. The average molecular weight is 342 g/mol. The standard InChI is InChI=1S/C20H24BFO3/c1-19(2)20(3,4)25-21(24-19)16-10-11-18(17(22)14-16)23-13-12-15-8-6-5-7-9-15/h5-11,14H,12-13H2,1-4H3. The van der Waals surface area contributed by atoms with Gasteiger partial charge in [0.05, 0.1) is 17.8 Å². The molecule has 0 unspecified atom stereocenters. The third kappa shape index (κ3) is 3.88. The molecule has 0 bridgehead atoms. The summed E-state index contributed by atoms with van der Waals surface area (Å²) >= 11 is 0. The first-order chi connectivity index (χ1) is 11.8.